The molecule has 1 heterocycles. The number of carbonyl (C=O) groups is 1. The second-order valence-corrected chi connectivity index (χ2v) is 6.31. The molecule has 3 N–H and O–H groups in total. The third-order valence-corrected chi connectivity index (χ3v) is 4.94. The summed E-state index contributed by atoms with van der Waals surface area (Å²) in [7, 11) is 0. The van der Waals surface area contributed by atoms with Crippen LogP contribution >= 0.6 is 0 Å². The summed E-state index contributed by atoms with van der Waals surface area (Å²) < 4.78 is 0. The summed E-state index contributed by atoms with van der Waals surface area (Å²) in [4.78, 5) is 11.7. The summed E-state index contributed by atoms with van der Waals surface area (Å²) in [5.41, 5.74) is 0.609. The summed E-state index contributed by atoms with van der Waals surface area (Å²) >= 11 is 0. The van der Waals surface area contributed by atoms with Gasteiger partial charge >= 0.3 is 0 Å². The van der Waals surface area contributed by atoms with Gasteiger partial charge in [0.2, 0.25) is 5.91 Å². The number of amides is 1. The smallest absolute Gasteiger partial charge is 0.236 e. The van der Waals surface area contributed by atoms with Crippen LogP contribution in [0.15, 0.2) is 0 Å². The number of hydrogen-bond acceptors (Lipinski definition) is 3. The van der Waals surface area contributed by atoms with Gasteiger partial charge < -0.3 is 16.0 Å². The topological polar surface area (TPSA) is 53.2 Å². The molecule has 1 aliphatic heterocycles. The zero-order chi connectivity index (χ0) is 13.7. The lowest BCUT2D eigenvalue weighted by Crippen LogP contribution is -2.49. The van der Waals surface area contributed by atoms with Gasteiger partial charge in [0.05, 0.1) is 6.04 Å². The highest BCUT2D eigenvalue weighted by Gasteiger charge is 2.36. The van der Waals surface area contributed by atoms with Crippen LogP contribution in [0.25, 0.3) is 0 Å². The second kappa shape index (κ2) is 6.71. The standard InChI is InChI=1S/C15H29N3O/c1-3-17-14(19)12(2)18-13-4-6-15(7-5-13)8-10-16-11-9-15/h12-13,16,18H,3-11H2,1-2H3,(H,17,19). The fourth-order valence-corrected chi connectivity index (χ4v) is 3.61. The molecular weight excluding hydrogens is 238 g/mol. The average Bonchev–Trinajstić information content (AvgIpc) is 2.43. The van der Waals surface area contributed by atoms with Crippen LogP contribution in [0.5, 0.6) is 0 Å². The minimum atomic E-state index is -0.0629. The maximum atomic E-state index is 11.7. The number of likely N-dealkylation sites (N-methyl/N-ethyl adjacent to an activating group) is 1. The number of carbonyl (C=O) groups excluding carboxylic acids is 1. The zero-order valence-corrected chi connectivity index (χ0v) is 12.4. The van der Waals surface area contributed by atoms with Crippen molar-refractivity contribution in [2.45, 2.75) is 64.5 Å². The summed E-state index contributed by atoms with van der Waals surface area (Å²) in [6.45, 7) is 7.03. The van der Waals surface area contributed by atoms with Crippen molar-refractivity contribution < 1.29 is 4.79 Å². The fraction of sp³-hybridized carbons (Fsp3) is 0.933. The van der Waals surface area contributed by atoms with Crippen LogP contribution in [0.3, 0.4) is 0 Å². The maximum Gasteiger partial charge on any atom is 0.236 e. The van der Waals surface area contributed by atoms with Gasteiger partial charge in [0, 0.05) is 12.6 Å². The Balaban J connectivity index is 1.75. The normalized spacial score (nSPS) is 25.2. The van der Waals surface area contributed by atoms with E-state index < -0.39 is 0 Å². The number of piperidine rings is 1. The molecule has 4 nitrogen and oxygen atoms in total. The highest BCUT2D eigenvalue weighted by atomic mass is 16.2. The van der Waals surface area contributed by atoms with Crippen LogP contribution in [0.1, 0.15) is 52.4 Å². The Hall–Kier alpha value is -0.610. The third-order valence-electron chi connectivity index (χ3n) is 4.94. The van der Waals surface area contributed by atoms with Crippen LogP contribution in [-0.4, -0.2) is 37.6 Å². The Kier molecular flexibility index (Phi) is 5.22. The molecule has 110 valence electrons. The number of nitrogens with one attached hydrogen (secondary N) is 3. The highest BCUT2D eigenvalue weighted by Crippen LogP contribution is 2.43. The van der Waals surface area contributed by atoms with E-state index in [4.69, 9.17) is 0 Å². The average molecular weight is 267 g/mol. The van der Waals surface area contributed by atoms with Crippen LogP contribution in [0.2, 0.25) is 0 Å². The van der Waals surface area contributed by atoms with Crippen molar-refractivity contribution >= 4 is 5.91 Å². The van der Waals surface area contributed by atoms with E-state index in [0.29, 0.717) is 18.0 Å². The molecule has 1 saturated heterocycles. The molecule has 1 aliphatic carbocycles. The van der Waals surface area contributed by atoms with Crippen molar-refractivity contribution in [3.63, 3.8) is 0 Å². The van der Waals surface area contributed by atoms with Gasteiger partial charge in [0.1, 0.15) is 0 Å². The van der Waals surface area contributed by atoms with Gasteiger partial charge in [0.15, 0.2) is 0 Å². The number of hydrogen-bond donors (Lipinski definition) is 3. The van der Waals surface area contributed by atoms with E-state index in [9.17, 15) is 4.79 Å². The van der Waals surface area contributed by atoms with Crippen LogP contribution in [0.4, 0.5) is 0 Å². The first-order valence-electron chi connectivity index (χ1n) is 7.90. The molecule has 1 spiro atoms. The van der Waals surface area contributed by atoms with Gasteiger partial charge in [-0.3, -0.25) is 4.79 Å². The van der Waals surface area contributed by atoms with E-state index in [0.717, 1.165) is 0 Å². The molecule has 4 heteroatoms. The zero-order valence-electron chi connectivity index (χ0n) is 12.4. The molecule has 0 radical (unpaired) electrons. The summed E-state index contributed by atoms with van der Waals surface area (Å²) in [6, 6.07) is 0.463. The predicted octanol–water partition coefficient (Wildman–Crippen LogP) is 1.41. The molecule has 0 aromatic carbocycles. The molecule has 0 aromatic heterocycles. The van der Waals surface area contributed by atoms with E-state index in [1.165, 1.54) is 51.6 Å². The van der Waals surface area contributed by atoms with E-state index in [-0.39, 0.29) is 11.9 Å². The highest BCUT2D eigenvalue weighted by molar-refractivity contribution is 5.81. The Labute approximate surface area is 117 Å². The van der Waals surface area contributed by atoms with E-state index in [1.807, 2.05) is 13.8 Å². The van der Waals surface area contributed by atoms with Gasteiger partial charge in [-0.2, -0.15) is 0 Å². The lowest BCUT2D eigenvalue weighted by atomic mass is 9.67. The molecule has 19 heavy (non-hydrogen) atoms. The van der Waals surface area contributed by atoms with Crippen molar-refractivity contribution in [1.29, 1.82) is 0 Å². The lowest BCUT2D eigenvalue weighted by Gasteiger charge is -2.43. The third kappa shape index (κ3) is 3.93. The van der Waals surface area contributed by atoms with Gasteiger partial charge in [-0.1, -0.05) is 0 Å². The molecule has 1 atom stereocenters. The van der Waals surface area contributed by atoms with Crippen molar-refractivity contribution in [3.05, 3.63) is 0 Å². The summed E-state index contributed by atoms with van der Waals surface area (Å²) in [5, 5.41) is 9.84. The van der Waals surface area contributed by atoms with Gasteiger partial charge in [-0.15, -0.1) is 0 Å². The summed E-state index contributed by atoms with van der Waals surface area (Å²) in [6.07, 6.45) is 7.79. The van der Waals surface area contributed by atoms with Crippen LogP contribution in [0, 0.1) is 5.41 Å². The minimum absolute atomic E-state index is 0.0629. The molecule has 2 fully saturated rings. The molecular formula is C15H29N3O. The molecule has 0 aromatic rings. The van der Waals surface area contributed by atoms with E-state index >= 15 is 0 Å². The van der Waals surface area contributed by atoms with Gasteiger partial charge in [-0.05, 0) is 70.9 Å². The van der Waals surface area contributed by atoms with Crippen molar-refractivity contribution in [2.24, 2.45) is 5.41 Å². The first-order valence-corrected chi connectivity index (χ1v) is 7.90. The molecule has 1 unspecified atom stereocenters. The molecule has 1 saturated carbocycles. The minimum Gasteiger partial charge on any atom is -0.355 e. The molecule has 1 amide bonds. The monoisotopic (exact) mass is 267 g/mol. The first-order chi connectivity index (χ1) is 9.15. The molecule has 2 aliphatic rings. The first kappa shape index (κ1) is 14.8. The number of rotatable bonds is 4. The largest absolute Gasteiger partial charge is 0.355 e. The predicted molar refractivity (Wildman–Crippen MR) is 78.1 cm³/mol. The molecule has 2 rings (SSSR count). The van der Waals surface area contributed by atoms with Crippen LogP contribution < -0.4 is 16.0 Å². The second-order valence-electron chi connectivity index (χ2n) is 6.31. The Morgan fingerprint density at radius 1 is 1.26 bits per heavy atom. The van der Waals surface area contributed by atoms with E-state index in [1.54, 1.807) is 0 Å². The summed E-state index contributed by atoms with van der Waals surface area (Å²) in [5.74, 6) is 0.129. The SMILES string of the molecule is CCNC(=O)C(C)NC1CCC2(CCNCC2)CC1. The van der Waals surface area contributed by atoms with Gasteiger partial charge in [-0.25, -0.2) is 0 Å². The Morgan fingerprint density at radius 2 is 1.89 bits per heavy atom. The maximum absolute atomic E-state index is 11.7. The lowest BCUT2D eigenvalue weighted by molar-refractivity contribution is -0.122. The van der Waals surface area contributed by atoms with Gasteiger partial charge in [0.25, 0.3) is 0 Å². The van der Waals surface area contributed by atoms with Crippen molar-refractivity contribution in [2.75, 3.05) is 19.6 Å². The Morgan fingerprint density at radius 3 is 2.47 bits per heavy atom. The molecule has 0 bridgehead atoms. The van der Waals surface area contributed by atoms with Crippen molar-refractivity contribution in [1.82, 2.24) is 16.0 Å². The quantitative estimate of drug-likeness (QED) is 0.722. The van der Waals surface area contributed by atoms with Crippen LogP contribution in [-0.2, 0) is 4.79 Å². The van der Waals surface area contributed by atoms with Crippen molar-refractivity contribution in [3.8, 4) is 0 Å². The van der Waals surface area contributed by atoms with E-state index in [2.05, 4.69) is 16.0 Å². The Bertz CT molecular complexity index is 290. The fourth-order valence-electron chi connectivity index (χ4n) is 3.61.